The van der Waals surface area contributed by atoms with Crippen LogP contribution in [0.15, 0.2) is 66.0 Å². The molecule has 2 aliphatic rings. The summed E-state index contributed by atoms with van der Waals surface area (Å²) in [7, 11) is -3.62. The number of nitrogens with zero attached hydrogens (tertiary/aromatic N) is 3. The van der Waals surface area contributed by atoms with Gasteiger partial charge in [-0.1, -0.05) is 18.2 Å². The standard InChI is InChI=1S/C22H21N3O3S/c1-15-4-2-3-5-22(15)28-17-7-9-18(10-8-17)29(26,27)25-16-6-11-21(25)19-13-23-14-24-20(19)12-16/h2-5,7-10,13-14,16,21H,6,11-12H2,1H3. The lowest BCUT2D eigenvalue weighted by Gasteiger charge is -2.34. The van der Waals surface area contributed by atoms with E-state index in [4.69, 9.17) is 4.74 Å². The maximum Gasteiger partial charge on any atom is 0.243 e. The largest absolute Gasteiger partial charge is 0.457 e. The number of sulfonamides is 1. The Morgan fingerprint density at radius 3 is 2.66 bits per heavy atom. The van der Waals surface area contributed by atoms with Crippen molar-refractivity contribution < 1.29 is 13.2 Å². The maximum atomic E-state index is 13.4. The number of aryl methyl sites for hydroxylation is 1. The van der Waals surface area contributed by atoms with Gasteiger partial charge in [0.25, 0.3) is 0 Å². The van der Waals surface area contributed by atoms with E-state index in [9.17, 15) is 8.42 Å². The van der Waals surface area contributed by atoms with Crippen LogP contribution in [-0.4, -0.2) is 28.7 Å². The van der Waals surface area contributed by atoms with Crippen LogP contribution in [0.5, 0.6) is 11.5 Å². The molecule has 148 valence electrons. The number of hydrogen-bond acceptors (Lipinski definition) is 5. The Morgan fingerprint density at radius 2 is 1.86 bits per heavy atom. The van der Waals surface area contributed by atoms with Crippen molar-refractivity contribution in [1.82, 2.24) is 14.3 Å². The van der Waals surface area contributed by atoms with Gasteiger partial charge in [-0.3, -0.25) is 0 Å². The summed E-state index contributed by atoms with van der Waals surface area (Å²) < 4.78 is 34.4. The molecule has 2 aliphatic heterocycles. The molecule has 0 spiro atoms. The average Bonchev–Trinajstić information content (AvgIpc) is 3.06. The van der Waals surface area contributed by atoms with E-state index >= 15 is 0 Å². The molecule has 1 aromatic heterocycles. The topological polar surface area (TPSA) is 72.4 Å². The second kappa shape index (κ2) is 6.93. The van der Waals surface area contributed by atoms with Crippen LogP contribution in [0.4, 0.5) is 0 Å². The minimum atomic E-state index is -3.62. The van der Waals surface area contributed by atoms with Crippen LogP contribution in [0.1, 0.15) is 35.7 Å². The van der Waals surface area contributed by atoms with Gasteiger partial charge in [-0.05, 0) is 55.7 Å². The molecule has 2 atom stereocenters. The molecule has 2 aromatic carbocycles. The van der Waals surface area contributed by atoms with Crippen molar-refractivity contribution in [2.24, 2.45) is 0 Å². The number of benzene rings is 2. The van der Waals surface area contributed by atoms with Gasteiger partial charge in [-0.15, -0.1) is 0 Å². The van der Waals surface area contributed by atoms with E-state index in [1.54, 1.807) is 34.8 Å². The van der Waals surface area contributed by atoms with Crippen LogP contribution in [-0.2, 0) is 16.4 Å². The molecule has 0 radical (unpaired) electrons. The predicted molar refractivity (Wildman–Crippen MR) is 108 cm³/mol. The van der Waals surface area contributed by atoms with Crippen molar-refractivity contribution in [2.45, 2.75) is 43.2 Å². The summed E-state index contributed by atoms with van der Waals surface area (Å²) in [6, 6.07) is 14.2. The van der Waals surface area contributed by atoms with E-state index in [-0.39, 0.29) is 17.0 Å². The summed E-state index contributed by atoms with van der Waals surface area (Å²) in [4.78, 5) is 8.76. The Hall–Kier alpha value is -2.77. The van der Waals surface area contributed by atoms with Gasteiger partial charge >= 0.3 is 0 Å². The fourth-order valence-corrected chi connectivity index (χ4v) is 6.19. The summed E-state index contributed by atoms with van der Waals surface area (Å²) >= 11 is 0. The first-order valence-corrected chi connectivity index (χ1v) is 11.1. The van der Waals surface area contributed by atoms with E-state index in [1.807, 2.05) is 31.2 Å². The molecule has 0 amide bonds. The van der Waals surface area contributed by atoms with Gasteiger partial charge in [0.15, 0.2) is 0 Å². The smallest absolute Gasteiger partial charge is 0.243 e. The fourth-order valence-electron chi connectivity index (χ4n) is 4.34. The molecule has 2 bridgehead atoms. The quantitative estimate of drug-likeness (QED) is 0.653. The number of para-hydroxylation sites is 1. The number of hydrogen-bond donors (Lipinski definition) is 0. The molecule has 0 N–H and O–H groups in total. The second-order valence-electron chi connectivity index (χ2n) is 7.55. The zero-order chi connectivity index (χ0) is 20.0. The summed E-state index contributed by atoms with van der Waals surface area (Å²) in [5, 5.41) is 0. The van der Waals surface area contributed by atoms with E-state index in [0.29, 0.717) is 12.2 Å². The minimum Gasteiger partial charge on any atom is -0.457 e. The lowest BCUT2D eigenvalue weighted by molar-refractivity contribution is 0.300. The molecular weight excluding hydrogens is 386 g/mol. The zero-order valence-corrected chi connectivity index (χ0v) is 16.8. The number of fused-ring (bicyclic) bond motifs is 4. The maximum absolute atomic E-state index is 13.4. The van der Waals surface area contributed by atoms with Crippen molar-refractivity contribution in [3.8, 4) is 11.5 Å². The minimum absolute atomic E-state index is 0.0460. The Morgan fingerprint density at radius 1 is 1.07 bits per heavy atom. The molecule has 7 heteroatoms. The molecule has 29 heavy (non-hydrogen) atoms. The SMILES string of the molecule is Cc1ccccc1Oc1ccc(S(=O)(=O)N2C3CCC2c2cncnc2C3)cc1. The molecule has 1 fully saturated rings. The van der Waals surface area contributed by atoms with Crippen molar-refractivity contribution in [2.75, 3.05) is 0 Å². The monoisotopic (exact) mass is 407 g/mol. The van der Waals surface area contributed by atoms with Crippen molar-refractivity contribution in [3.63, 3.8) is 0 Å². The van der Waals surface area contributed by atoms with E-state index in [2.05, 4.69) is 9.97 Å². The molecule has 3 aromatic rings. The predicted octanol–water partition coefficient (Wildman–Crippen LogP) is 4.03. The number of ether oxygens (including phenoxy) is 1. The molecular formula is C22H21N3O3S. The Balaban J connectivity index is 1.43. The molecule has 5 rings (SSSR count). The lowest BCUT2D eigenvalue weighted by Crippen LogP contribution is -2.42. The highest BCUT2D eigenvalue weighted by Gasteiger charge is 2.47. The van der Waals surface area contributed by atoms with Crippen LogP contribution < -0.4 is 4.74 Å². The highest BCUT2D eigenvalue weighted by molar-refractivity contribution is 7.89. The Kier molecular flexibility index (Phi) is 4.37. The Labute approximate surface area is 170 Å². The van der Waals surface area contributed by atoms with Crippen molar-refractivity contribution in [3.05, 3.63) is 77.9 Å². The van der Waals surface area contributed by atoms with Crippen molar-refractivity contribution in [1.29, 1.82) is 0 Å². The van der Waals surface area contributed by atoms with Crippen LogP contribution in [0.25, 0.3) is 0 Å². The van der Waals surface area contributed by atoms with Gasteiger partial charge in [0.05, 0.1) is 16.6 Å². The van der Waals surface area contributed by atoms with Crippen LogP contribution in [0.2, 0.25) is 0 Å². The normalized spacial score (nSPS) is 21.0. The lowest BCUT2D eigenvalue weighted by atomic mass is 10.0. The highest BCUT2D eigenvalue weighted by atomic mass is 32.2. The van der Waals surface area contributed by atoms with E-state index in [1.165, 1.54) is 6.33 Å². The molecule has 1 saturated heterocycles. The van der Waals surface area contributed by atoms with Gasteiger partial charge in [-0.25, -0.2) is 18.4 Å². The molecule has 6 nitrogen and oxygen atoms in total. The van der Waals surface area contributed by atoms with Gasteiger partial charge in [0.1, 0.15) is 17.8 Å². The Bertz CT molecular complexity index is 1160. The van der Waals surface area contributed by atoms with Gasteiger partial charge in [-0.2, -0.15) is 4.31 Å². The second-order valence-corrected chi connectivity index (χ2v) is 9.39. The van der Waals surface area contributed by atoms with Gasteiger partial charge in [0, 0.05) is 24.2 Å². The van der Waals surface area contributed by atoms with E-state index < -0.39 is 10.0 Å². The molecule has 2 unspecified atom stereocenters. The molecule has 3 heterocycles. The van der Waals surface area contributed by atoms with E-state index in [0.717, 1.165) is 35.4 Å². The average molecular weight is 407 g/mol. The first-order valence-electron chi connectivity index (χ1n) is 9.70. The van der Waals surface area contributed by atoms with Crippen LogP contribution >= 0.6 is 0 Å². The summed E-state index contributed by atoms with van der Waals surface area (Å²) in [6.45, 7) is 1.97. The first kappa shape index (κ1) is 18.3. The number of rotatable bonds is 4. The summed E-state index contributed by atoms with van der Waals surface area (Å²) in [5.74, 6) is 1.37. The van der Waals surface area contributed by atoms with Gasteiger partial charge < -0.3 is 4.74 Å². The third-order valence-corrected chi connectivity index (χ3v) is 7.75. The van der Waals surface area contributed by atoms with Crippen molar-refractivity contribution >= 4 is 10.0 Å². The third kappa shape index (κ3) is 3.10. The van der Waals surface area contributed by atoms with Crippen LogP contribution in [0, 0.1) is 6.92 Å². The summed E-state index contributed by atoms with van der Waals surface area (Å²) in [5.41, 5.74) is 2.93. The third-order valence-electron chi connectivity index (χ3n) is 5.78. The molecule has 0 saturated carbocycles. The van der Waals surface area contributed by atoms with Gasteiger partial charge in [0.2, 0.25) is 10.0 Å². The summed E-state index contributed by atoms with van der Waals surface area (Å²) in [6.07, 6.45) is 5.58. The fraction of sp³-hybridized carbons (Fsp3) is 0.273. The highest BCUT2D eigenvalue weighted by Crippen LogP contribution is 2.46. The number of aromatic nitrogens is 2. The van der Waals surface area contributed by atoms with Crippen LogP contribution in [0.3, 0.4) is 0 Å². The zero-order valence-electron chi connectivity index (χ0n) is 16.0. The molecule has 0 aliphatic carbocycles. The first-order chi connectivity index (χ1) is 14.0.